The van der Waals surface area contributed by atoms with Crippen LogP contribution in [0.25, 0.3) is 0 Å². The summed E-state index contributed by atoms with van der Waals surface area (Å²) in [5.74, 6) is 1.08. The van der Waals surface area contributed by atoms with Gasteiger partial charge in [-0.05, 0) is 43.7 Å². The molecule has 1 aliphatic carbocycles. The van der Waals surface area contributed by atoms with Crippen LogP contribution in [-0.4, -0.2) is 12.7 Å². The number of rotatable bonds is 6. The Hall–Kier alpha value is -1.32. The lowest BCUT2D eigenvalue weighted by Gasteiger charge is -2.29. The first-order valence-corrected chi connectivity index (χ1v) is 7.48. The fraction of sp³-hybridized carbons (Fsp3) is 0.625. The Labute approximate surface area is 119 Å². The lowest BCUT2D eigenvalue weighted by atomic mass is 9.83. The van der Waals surface area contributed by atoms with E-state index in [4.69, 9.17) is 0 Å². The van der Waals surface area contributed by atoms with Crippen LogP contribution < -0.4 is 10.1 Å². The van der Waals surface area contributed by atoms with E-state index in [9.17, 15) is 8.78 Å². The Kier molecular flexibility index (Phi) is 5.62. The number of hydrogen-bond acceptors (Lipinski definition) is 2. The fourth-order valence-electron chi connectivity index (χ4n) is 3.00. The third kappa shape index (κ3) is 4.66. The van der Waals surface area contributed by atoms with E-state index < -0.39 is 6.61 Å². The topological polar surface area (TPSA) is 21.3 Å². The number of anilines is 1. The molecule has 0 amide bonds. The summed E-state index contributed by atoms with van der Waals surface area (Å²) in [7, 11) is 0. The zero-order chi connectivity index (χ0) is 14.4. The zero-order valence-corrected chi connectivity index (χ0v) is 11.9. The molecule has 4 heteroatoms. The second-order valence-corrected chi connectivity index (χ2v) is 5.56. The van der Waals surface area contributed by atoms with E-state index in [-0.39, 0.29) is 5.75 Å². The molecule has 0 radical (unpaired) electrons. The molecule has 0 spiro atoms. The Bertz CT molecular complexity index is 403. The van der Waals surface area contributed by atoms with Gasteiger partial charge in [-0.2, -0.15) is 8.78 Å². The highest BCUT2D eigenvalue weighted by atomic mass is 19.3. The van der Waals surface area contributed by atoms with Gasteiger partial charge in [-0.15, -0.1) is 0 Å². The lowest BCUT2D eigenvalue weighted by molar-refractivity contribution is -0.0498. The molecule has 2 rings (SSSR count). The number of ether oxygens (including phenoxy) is 1. The predicted octanol–water partition coefficient (Wildman–Crippen LogP) is 5.06. The van der Waals surface area contributed by atoms with Gasteiger partial charge in [0, 0.05) is 17.8 Å². The maximum Gasteiger partial charge on any atom is 0.387 e. The van der Waals surface area contributed by atoms with Crippen LogP contribution in [0, 0.1) is 5.92 Å². The molecule has 0 saturated heterocycles. The number of nitrogens with one attached hydrogen (secondary N) is 1. The van der Waals surface area contributed by atoms with Crippen molar-refractivity contribution in [2.75, 3.05) is 5.32 Å². The second kappa shape index (κ2) is 7.46. The molecule has 112 valence electrons. The van der Waals surface area contributed by atoms with Crippen LogP contribution in [0.4, 0.5) is 14.5 Å². The molecule has 0 unspecified atom stereocenters. The van der Waals surface area contributed by atoms with Crippen molar-refractivity contribution < 1.29 is 13.5 Å². The number of hydrogen-bond donors (Lipinski definition) is 1. The molecular weight excluding hydrogens is 260 g/mol. The average molecular weight is 283 g/mol. The largest absolute Gasteiger partial charge is 0.435 e. The van der Waals surface area contributed by atoms with Crippen molar-refractivity contribution in [3.63, 3.8) is 0 Å². The van der Waals surface area contributed by atoms with E-state index in [2.05, 4.69) is 17.0 Å². The average Bonchev–Trinajstić information content (AvgIpc) is 2.41. The fourth-order valence-corrected chi connectivity index (χ4v) is 3.00. The number of alkyl halides is 2. The summed E-state index contributed by atoms with van der Waals surface area (Å²) in [5.41, 5.74) is 0.863. The third-order valence-electron chi connectivity index (χ3n) is 3.97. The van der Waals surface area contributed by atoms with Gasteiger partial charge in [0.2, 0.25) is 0 Å². The molecule has 0 atom stereocenters. The van der Waals surface area contributed by atoms with Crippen molar-refractivity contribution in [1.82, 2.24) is 0 Å². The second-order valence-electron chi connectivity index (χ2n) is 5.56. The molecule has 1 aromatic carbocycles. The van der Waals surface area contributed by atoms with Gasteiger partial charge < -0.3 is 10.1 Å². The summed E-state index contributed by atoms with van der Waals surface area (Å²) in [4.78, 5) is 0. The molecule has 2 nitrogen and oxygen atoms in total. The Balaban J connectivity index is 1.84. The van der Waals surface area contributed by atoms with Crippen LogP contribution in [0.15, 0.2) is 24.3 Å². The van der Waals surface area contributed by atoms with E-state index in [1.807, 2.05) is 6.07 Å². The van der Waals surface area contributed by atoms with Gasteiger partial charge in [0.1, 0.15) is 5.75 Å². The Morgan fingerprint density at radius 2 is 2.00 bits per heavy atom. The Morgan fingerprint density at radius 3 is 2.65 bits per heavy atom. The molecule has 1 aromatic rings. The minimum Gasteiger partial charge on any atom is -0.435 e. The first-order valence-electron chi connectivity index (χ1n) is 7.48. The number of halogens is 2. The van der Waals surface area contributed by atoms with Crippen molar-refractivity contribution in [2.24, 2.45) is 5.92 Å². The van der Waals surface area contributed by atoms with E-state index in [0.29, 0.717) is 6.04 Å². The molecule has 1 fully saturated rings. The van der Waals surface area contributed by atoms with Crippen LogP contribution in [0.1, 0.15) is 45.4 Å². The first kappa shape index (κ1) is 15.1. The molecule has 1 N–H and O–H groups in total. The van der Waals surface area contributed by atoms with Crippen molar-refractivity contribution >= 4 is 5.69 Å². The molecule has 0 bridgehead atoms. The highest BCUT2D eigenvalue weighted by Crippen LogP contribution is 2.30. The first-order chi connectivity index (χ1) is 9.67. The van der Waals surface area contributed by atoms with Gasteiger partial charge in [-0.1, -0.05) is 25.8 Å². The SMILES string of the molecule is CCCC1CCC(Nc2cccc(OC(F)F)c2)CC1. The molecule has 1 aliphatic rings. The number of benzene rings is 1. The summed E-state index contributed by atoms with van der Waals surface area (Å²) < 4.78 is 28.8. The summed E-state index contributed by atoms with van der Waals surface area (Å²) in [6.07, 6.45) is 7.42. The molecule has 0 aliphatic heterocycles. The van der Waals surface area contributed by atoms with Gasteiger partial charge in [0.15, 0.2) is 0 Å². The molecular formula is C16H23F2NO. The monoisotopic (exact) mass is 283 g/mol. The standard InChI is InChI=1S/C16H23F2NO/c1-2-4-12-7-9-13(10-8-12)19-14-5-3-6-15(11-14)20-16(17)18/h3,5-6,11-13,16,19H,2,4,7-10H2,1H3. The predicted molar refractivity (Wildman–Crippen MR) is 77.4 cm³/mol. The van der Waals surface area contributed by atoms with Crippen molar-refractivity contribution in [2.45, 2.75) is 58.1 Å². The van der Waals surface area contributed by atoms with Crippen LogP contribution in [0.3, 0.4) is 0 Å². The van der Waals surface area contributed by atoms with Crippen molar-refractivity contribution in [1.29, 1.82) is 0 Å². The van der Waals surface area contributed by atoms with E-state index in [1.54, 1.807) is 18.2 Å². The summed E-state index contributed by atoms with van der Waals surface area (Å²) in [6, 6.07) is 7.28. The maximum atomic E-state index is 12.2. The normalized spacial score (nSPS) is 22.8. The van der Waals surface area contributed by atoms with Gasteiger partial charge >= 0.3 is 6.61 Å². The van der Waals surface area contributed by atoms with Crippen LogP contribution >= 0.6 is 0 Å². The van der Waals surface area contributed by atoms with Crippen molar-refractivity contribution in [3.8, 4) is 5.75 Å². The molecule has 0 heterocycles. The van der Waals surface area contributed by atoms with Gasteiger partial charge in [0.05, 0.1) is 0 Å². The minimum absolute atomic E-state index is 0.213. The summed E-state index contributed by atoms with van der Waals surface area (Å²) >= 11 is 0. The minimum atomic E-state index is -2.77. The van der Waals surface area contributed by atoms with Crippen LogP contribution in [0.5, 0.6) is 5.75 Å². The molecule has 20 heavy (non-hydrogen) atoms. The third-order valence-corrected chi connectivity index (χ3v) is 3.97. The van der Waals surface area contributed by atoms with E-state index in [1.165, 1.54) is 25.7 Å². The lowest BCUT2D eigenvalue weighted by Crippen LogP contribution is -2.26. The summed E-state index contributed by atoms with van der Waals surface area (Å²) in [5, 5.41) is 3.43. The van der Waals surface area contributed by atoms with Crippen LogP contribution in [-0.2, 0) is 0 Å². The maximum absolute atomic E-state index is 12.2. The van der Waals surface area contributed by atoms with Crippen LogP contribution in [0.2, 0.25) is 0 Å². The molecule has 1 saturated carbocycles. The van der Waals surface area contributed by atoms with E-state index in [0.717, 1.165) is 24.4 Å². The Morgan fingerprint density at radius 1 is 1.25 bits per heavy atom. The van der Waals surface area contributed by atoms with Gasteiger partial charge in [-0.3, -0.25) is 0 Å². The molecule has 0 aromatic heterocycles. The van der Waals surface area contributed by atoms with Crippen molar-refractivity contribution in [3.05, 3.63) is 24.3 Å². The van der Waals surface area contributed by atoms with Gasteiger partial charge in [0.25, 0.3) is 0 Å². The quantitative estimate of drug-likeness (QED) is 0.788. The van der Waals surface area contributed by atoms with Gasteiger partial charge in [-0.25, -0.2) is 0 Å². The van der Waals surface area contributed by atoms with E-state index >= 15 is 0 Å². The highest BCUT2D eigenvalue weighted by Gasteiger charge is 2.20. The smallest absolute Gasteiger partial charge is 0.387 e. The summed E-state index contributed by atoms with van der Waals surface area (Å²) in [6.45, 7) is -0.534. The highest BCUT2D eigenvalue weighted by molar-refractivity contribution is 5.48. The zero-order valence-electron chi connectivity index (χ0n) is 11.9.